The topological polar surface area (TPSA) is 15.3 Å². The fourth-order valence-corrected chi connectivity index (χ4v) is 3.11. The summed E-state index contributed by atoms with van der Waals surface area (Å²) in [5.41, 5.74) is 0.467. The summed E-state index contributed by atoms with van der Waals surface area (Å²) >= 11 is 0. The van der Waals surface area contributed by atoms with E-state index in [1.165, 1.54) is 25.8 Å². The van der Waals surface area contributed by atoms with Gasteiger partial charge < -0.3 is 10.2 Å². The fraction of sp³-hybridized carbons (Fsp3) is 1.00. The summed E-state index contributed by atoms with van der Waals surface area (Å²) in [7, 11) is 4.37. The Labute approximate surface area is 95.4 Å². The number of hydrogen-bond acceptors (Lipinski definition) is 2. The van der Waals surface area contributed by atoms with Crippen LogP contribution < -0.4 is 5.32 Å². The van der Waals surface area contributed by atoms with E-state index in [-0.39, 0.29) is 0 Å². The third-order valence-corrected chi connectivity index (χ3v) is 3.73. The van der Waals surface area contributed by atoms with E-state index >= 15 is 0 Å². The van der Waals surface area contributed by atoms with Crippen molar-refractivity contribution in [1.82, 2.24) is 10.2 Å². The highest BCUT2D eigenvalue weighted by molar-refractivity contribution is 4.93. The molecule has 0 bridgehead atoms. The lowest BCUT2D eigenvalue weighted by Gasteiger charge is -2.45. The van der Waals surface area contributed by atoms with Crippen LogP contribution in [0.3, 0.4) is 0 Å². The lowest BCUT2D eigenvalue weighted by atomic mass is 9.67. The Morgan fingerprint density at radius 2 is 2.00 bits per heavy atom. The zero-order valence-corrected chi connectivity index (χ0v) is 11.1. The van der Waals surface area contributed by atoms with E-state index in [0.29, 0.717) is 11.5 Å². The molecule has 2 atom stereocenters. The monoisotopic (exact) mass is 212 g/mol. The maximum Gasteiger partial charge on any atom is 0.0159 e. The minimum absolute atomic E-state index is 0.467. The molecule has 0 heterocycles. The highest BCUT2D eigenvalue weighted by atomic mass is 15.1. The van der Waals surface area contributed by atoms with Crippen molar-refractivity contribution in [3.05, 3.63) is 0 Å². The maximum atomic E-state index is 3.70. The third kappa shape index (κ3) is 3.46. The van der Waals surface area contributed by atoms with Gasteiger partial charge in [-0.3, -0.25) is 0 Å². The van der Waals surface area contributed by atoms with E-state index in [4.69, 9.17) is 0 Å². The molecule has 0 aliphatic heterocycles. The van der Waals surface area contributed by atoms with Crippen molar-refractivity contribution in [3.8, 4) is 0 Å². The van der Waals surface area contributed by atoms with Crippen molar-refractivity contribution >= 4 is 0 Å². The zero-order chi connectivity index (χ0) is 11.5. The Morgan fingerprint density at radius 3 is 2.53 bits per heavy atom. The van der Waals surface area contributed by atoms with Crippen molar-refractivity contribution in [1.29, 1.82) is 0 Å². The molecule has 1 saturated carbocycles. The fourth-order valence-electron chi connectivity index (χ4n) is 3.11. The average molecular weight is 212 g/mol. The van der Waals surface area contributed by atoms with Crippen LogP contribution in [0.5, 0.6) is 0 Å². The third-order valence-electron chi connectivity index (χ3n) is 3.73. The first kappa shape index (κ1) is 13.0. The van der Waals surface area contributed by atoms with Crippen molar-refractivity contribution in [2.24, 2.45) is 11.3 Å². The van der Waals surface area contributed by atoms with Crippen LogP contribution in [0.25, 0.3) is 0 Å². The van der Waals surface area contributed by atoms with Crippen LogP contribution in [-0.2, 0) is 0 Å². The van der Waals surface area contributed by atoms with E-state index < -0.39 is 0 Å². The second kappa shape index (κ2) is 5.31. The van der Waals surface area contributed by atoms with E-state index in [9.17, 15) is 0 Å². The molecule has 15 heavy (non-hydrogen) atoms. The molecule has 0 spiro atoms. The molecule has 0 aromatic heterocycles. The lowest BCUT2D eigenvalue weighted by Crippen LogP contribution is -2.52. The Morgan fingerprint density at radius 1 is 1.33 bits per heavy atom. The molecule has 90 valence electrons. The van der Waals surface area contributed by atoms with Crippen LogP contribution in [0.1, 0.15) is 40.0 Å². The van der Waals surface area contributed by atoms with E-state index in [2.05, 4.69) is 45.1 Å². The van der Waals surface area contributed by atoms with Gasteiger partial charge in [0.2, 0.25) is 0 Å². The number of nitrogens with zero attached hydrogens (tertiary/aromatic N) is 1. The molecule has 2 nitrogen and oxygen atoms in total. The van der Waals surface area contributed by atoms with Gasteiger partial charge in [0, 0.05) is 12.6 Å². The summed E-state index contributed by atoms with van der Waals surface area (Å²) in [6.07, 6.45) is 4.15. The van der Waals surface area contributed by atoms with Gasteiger partial charge in [-0.05, 0) is 44.8 Å². The quantitative estimate of drug-likeness (QED) is 0.769. The van der Waals surface area contributed by atoms with Crippen molar-refractivity contribution in [2.75, 3.05) is 27.2 Å². The normalized spacial score (nSPS) is 30.8. The van der Waals surface area contributed by atoms with Gasteiger partial charge in [-0.25, -0.2) is 0 Å². The zero-order valence-electron chi connectivity index (χ0n) is 11.1. The van der Waals surface area contributed by atoms with E-state index in [0.717, 1.165) is 12.5 Å². The van der Waals surface area contributed by atoms with Gasteiger partial charge in [0.1, 0.15) is 0 Å². The van der Waals surface area contributed by atoms with Crippen LogP contribution in [0.2, 0.25) is 0 Å². The summed E-state index contributed by atoms with van der Waals surface area (Å²) in [5, 5.41) is 3.70. The van der Waals surface area contributed by atoms with Gasteiger partial charge in [-0.2, -0.15) is 0 Å². The molecular weight excluding hydrogens is 184 g/mol. The highest BCUT2D eigenvalue weighted by Crippen LogP contribution is 2.39. The molecule has 0 saturated heterocycles. The molecule has 0 aromatic rings. The molecular formula is C13H28N2. The highest BCUT2D eigenvalue weighted by Gasteiger charge is 2.38. The van der Waals surface area contributed by atoms with Crippen molar-refractivity contribution in [3.63, 3.8) is 0 Å². The Balaban J connectivity index is 2.66. The van der Waals surface area contributed by atoms with Crippen LogP contribution in [0.15, 0.2) is 0 Å². The molecule has 1 fully saturated rings. The minimum atomic E-state index is 0.467. The summed E-state index contributed by atoms with van der Waals surface area (Å²) in [6, 6.07) is 0.693. The van der Waals surface area contributed by atoms with Gasteiger partial charge in [0.25, 0.3) is 0 Å². The molecule has 1 aliphatic carbocycles. The Bertz CT molecular complexity index is 187. The first-order chi connectivity index (χ1) is 6.97. The second-order valence-corrected chi connectivity index (χ2v) is 5.94. The maximum absolute atomic E-state index is 3.70. The number of nitrogens with one attached hydrogen (secondary N) is 1. The molecule has 0 radical (unpaired) electrons. The first-order valence-electron chi connectivity index (χ1n) is 6.35. The summed E-state index contributed by atoms with van der Waals surface area (Å²) in [4.78, 5) is 2.33. The summed E-state index contributed by atoms with van der Waals surface area (Å²) in [6.45, 7) is 9.38. The molecule has 1 aliphatic rings. The molecule has 2 heteroatoms. The van der Waals surface area contributed by atoms with Gasteiger partial charge in [0.15, 0.2) is 0 Å². The predicted octanol–water partition coefficient (Wildman–Crippen LogP) is 2.35. The minimum Gasteiger partial charge on any atom is -0.313 e. The number of rotatable bonds is 4. The molecule has 2 unspecified atom stereocenters. The van der Waals surface area contributed by atoms with Gasteiger partial charge >= 0.3 is 0 Å². The average Bonchev–Trinajstić information content (AvgIpc) is 2.10. The Hall–Kier alpha value is -0.0800. The van der Waals surface area contributed by atoms with Gasteiger partial charge in [-0.1, -0.05) is 27.2 Å². The predicted molar refractivity (Wildman–Crippen MR) is 67.1 cm³/mol. The standard InChI is InChI=1S/C13H28N2/c1-6-14-12-11(10-15(4)5)8-7-9-13(12,2)3/h11-12,14H,6-10H2,1-5H3. The number of hydrogen-bond donors (Lipinski definition) is 1. The van der Waals surface area contributed by atoms with E-state index in [1.807, 2.05) is 0 Å². The smallest absolute Gasteiger partial charge is 0.0159 e. The van der Waals surface area contributed by atoms with Crippen LogP contribution in [-0.4, -0.2) is 38.1 Å². The van der Waals surface area contributed by atoms with Crippen LogP contribution in [0.4, 0.5) is 0 Å². The van der Waals surface area contributed by atoms with Crippen LogP contribution in [0, 0.1) is 11.3 Å². The molecule has 1 rings (SSSR count). The molecule has 0 amide bonds. The Kier molecular flexibility index (Phi) is 4.60. The van der Waals surface area contributed by atoms with Gasteiger partial charge in [0.05, 0.1) is 0 Å². The first-order valence-corrected chi connectivity index (χ1v) is 6.35. The van der Waals surface area contributed by atoms with E-state index in [1.54, 1.807) is 0 Å². The molecule has 0 aromatic carbocycles. The summed E-state index contributed by atoms with van der Waals surface area (Å²) < 4.78 is 0. The molecule has 1 N–H and O–H groups in total. The largest absolute Gasteiger partial charge is 0.313 e. The summed E-state index contributed by atoms with van der Waals surface area (Å²) in [5.74, 6) is 0.823. The SMILES string of the molecule is CCNC1C(CN(C)C)CCCC1(C)C. The lowest BCUT2D eigenvalue weighted by molar-refractivity contribution is 0.0917. The van der Waals surface area contributed by atoms with Crippen molar-refractivity contribution < 1.29 is 0 Å². The van der Waals surface area contributed by atoms with Crippen LogP contribution >= 0.6 is 0 Å². The second-order valence-electron chi connectivity index (χ2n) is 5.94. The van der Waals surface area contributed by atoms with Gasteiger partial charge in [-0.15, -0.1) is 0 Å². The van der Waals surface area contributed by atoms with Crippen molar-refractivity contribution in [2.45, 2.75) is 46.1 Å².